The van der Waals surface area contributed by atoms with Gasteiger partial charge in [-0.3, -0.25) is 0 Å². The largest absolute Gasteiger partial charge is 0.506 e. The Kier molecular flexibility index (Phi) is 3.65. The van der Waals surface area contributed by atoms with Crippen molar-refractivity contribution in [2.45, 2.75) is 5.03 Å². The summed E-state index contributed by atoms with van der Waals surface area (Å²) in [6.07, 6.45) is 1.30. The van der Waals surface area contributed by atoms with Crippen molar-refractivity contribution >= 4 is 29.1 Å². The summed E-state index contributed by atoms with van der Waals surface area (Å²) in [5.74, 6) is -0.0468. The summed E-state index contributed by atoms with van der Waals surface area (Å²) in [5, 5.41) is 30.9. The maximum absolute atomic E-state index is 10.3. The highest BCUT2D eigenvalue weighted by Crippen LogP contribution is 2.34. The van der Waals surface area contributed by atoms with E-state index in [2.05, 4.69) is 22.9 Å². The Morgan fingerprint density at radius 1 is 1.08 bits per heavy atom. The van der Waals surface area contributed by atoms with Crippen molar-refractivity contribution in [3.63, 3.8) is 0 Å². The first-order valence-corrected chi connectivity index (χ1v) is 8.18. The van der Waals surface area contributed by atoms with E-state index in [-0.39, 0.29) is 11.6 Å². The van der Waals surface area contributed by atoms with Gasteiger partial charge in [0, 0.05) is 18.7 Å². The zero-order valence-corrected chi connectivity index (χ0v) is 14.4. The molecule has 1 aliphatic heterocycles. The van der Waals surface area contributed by atoms with Crippen molar-refractivity contribution in [3.8, 4) is 11.3 Å². The fourth-order valence-corrected chi connectivity index (χ4v) is 3.26. The summed E-state index contributed by atoms with van der Waals surface area (Å²) >= 11 is 4.47. The molecule has 0 amide bonds. The van der Waals surface area contributed by atoms with Gasteiger partial charge in [-0.25, -0.2) is 4.68 Å². The third-order valence-electron chi connectivity index (χ3n) is 4.29. The number of likely N-dealkylation sites (N-methyl/N-ethyl adjacent to an activating group) is 1. The lowest BCUT2D eigenvalue weighted by Gasteiger charge is -2.25. The van der Waals surface area contributed by atoms with Gasteiger partial charge in [-0.2, -0.15) is 0 Å². The van der Waals surface area contributed by atoms with Crippen LogP contribution in [0.3, 0.4) is 0 Å². The first-order chi connectivity index (χ1) is 12.1. The Balaban J connectivity index is 1.97. The van der Waals surface area contributed by atoms with E-state index in [4.69, 9.17) is 0 Å². The van der Waals surface area contributed by atoms with Gasteiger partial charge in [0.2, 0.25) is 0 Å². The smallest absolute Gasteiger partial charge is 0.190 e. The lowest BCUT2D eigenvalue weighted by Crippen LogP contribution is -2.27. The van der Waals surface area contributed by atoms with Crippen LogP contribution >= 0.6 is 12.6 Å². The number of hydrogen-bond acceptors (Lipinski definition) is 6. The van der Waals surface area contributed by atoms with Crippen molar-refractivity contribution in [2.75, 3.05) is 13.6 Å². The van der Waals surface area contributed by atoms with E-state index in [0.29, 0.717) is 23.0 Å². The highest BCUT2D eigenvalue weighted by Gasteiger charge is 2.24. The van der Waals surface area contributed by atoms with Crippen molar-refractivity contribution in [2.24, 2.45) is 0 Å². The monoisotopic (exact) mass is 352 g/mol. The number of allylic oxidation sites excluding steroid dienone is 1. The van der Waals surface area contributed by atoms with Gasteiger partial charge in [-0.15, -0.1) is 17.7 Å². The zero-order chi connectivity index (χ0) is 17.6. The molecule has 0 radical (unpaired) electrons. The Hall–Kier alpha value is -2.93. The minimum absolute atomic E-state index is 0.000766. The summed E-state index contributed by atoms with van der Waals surface area (Å²) in [5.41, 5.74) is 2.15. The van der Waals surface area contributed by atoms with Gasteiger partial charge in [0.1, 0.15) is 22.2 Å². The molecule has 0 unspecified atom stereocenters. The molecule has 2 heterocycles. The highest BCUT2D eigenvalue weighted by molar-refractivity contribution is 7.80. The van der Waals surface area contributed by atoms with Crippen LogP contribution in [0.4, 0.5) is 0 Å². The molecule has 7 heteroatoms. The molecule has 1 aliphatic rings. The van der Waals surface area contributed by atoms with Crippen LogP contribution in [0.5, 0.6) is 0 Å². The minimum atomic E-state index is -0.0460. The Labute approximate surface area is 149 Å². The standard InChI is InChI=1S/C18H16N4O2S/c1-21-10-14(15(23)9-16(21)24)22-17(18(25)19-20-22)13-8-4-6-11-5-2-3-7-12(11)13/h2-9,23-25H,10H2,1H3. The summed E-state index contributed by atoms with van der Waals surface area (Å²) in [4.78, 5) is 1.61. The number of rotatable bonds is 2. The van der Waals surface area contributed by atoms with E-state index < -0.39 is 0 Å². The quantitative estimate of drug-likeness (QED) is 0.616. The van der Waals surface area contributed by atoms with Gasteiger partial charge in [-0.05, 0) is 10.8 Å². The van der Waals surface area contributed by atoms with Crippen LogP contribution in [0.2, 0.25) is 0 Å². The fourth-order valence-electron chi connectivity index (χ4n) is 3.01. The van der Waals surface area contributed by atoms with Gasteiger partial charge in [0.05, 0.1) is 6.54 Å². The molecule has 0 atom stereocenters. The SMILES string of the molecule is CN1CC(n2nnc(S)c2-c2cccc3ccccc23)=C(O)C=C1O. The molecule has 2 aromatic carbocycles. The lowest BCUT2D eigenvalue weighted by atomic mass is 10.0. The minimum Gasteiger partial charge on any atom is -0.506 e. The molecule has 0 fully saturated rings. The fraction of sp³-hybridized carbons (Fsp3) is 0.111. The van der Waals surface area contributed by atoms with Crippen molar-refractivity contribution < 1.29 is 10.2 Å². The molecule has 2 N–H and O–H groups in total. The summed E-state index contributed by atoms with van der Waals surface area (Å²) < 4.78 is 1.58. The van der Waals surface area contributed by atoms with Crippen LogP contribution in [0.1, 0.15) is 0 Å². The molecule has 1 aromatic heterocycles. The zero-order valence-electron chi connectivity index (χ0n) is 13.5. The maximum atomic E-state index is 10.3. The van der Waals surface area contributed by atoms with Crippen LogP contribution in [0, 0.1) is 0 Å². The van der Waals surface area contributed by atoms with Crippen molar-refractivity contribution in [1.82, 2.24) is 19.9 Å². The second-order valence-electron chi connectivity index (χ2n) is 5.89. The summed E-state index contributed by atoms with van der Waals surface area (Å²) in [7, 11) is 1.73. The number of benzene rings is 2. The number of thiol groups is 1. The number of aliphatic hydroxyl groups is 2. The van der Waals surface area contributed by atoms with E-state index in [1.54, 1.807) is 16.6 Å². The molecule has 0 bridgehead atoms. The molecule has 25 heavy (non-hydrogen) atoms. The predicted molar refractivity (Wildman–Crippen MR) is 99.4 cm³/mol. The van der Waals surface area contributed by atoms with Crippen LogP contribution in [0.25, 0.3) is 27.7 Å². The third kappa shape index (κ3) is 2.53. The lowest BCUT2D eigenvalue weighted by molar-refractivity contribution is 0.236. The molecular weight excluding hydrogens is 336 g/mol. The van der Waals surface area contributed by atoms with Crippen LogP contribution in [-0.4, -0.2) is 43.7 Å². The molecular formula is C18H16N4O2S. The van der Waals surface area contributed by atoms with E-state index in [9.17, 15) is 10.2 Å². The first-order valence-electron chi connectivity index (χ1n) is 7.73. The van der Waals surface area contributed by atoms with E-state index >= 15 is 0 Å². The van der Waals surface area contributed by atoms with E-state index in [1.165, 1.54) is 6.08 Å². The van der Waals surface area contributed by atoms with E-state index in [1.807, 2.05) is 42.5 Å². The maximum Gasteiger partial charge on any atom is 0.190 e. The van der Waals surface area contributed by atoms with Gasteiger partial charge in [0.15, 0.2) is 5.88 Å². The average Bonchev–Trinajstić information content (AvgIpc) is 2.99. The first kappa shape index (κ1) is 15.6. The molecule has 4 rings (SSSR count). The van der Waals surface area contributed by atoms with Crippen LogP contribution < -0.4 is 0 Å². The number of fused-ring (bicyclic) bond motifs is 1. The molecule has 0 spiro atoms. The second kappa shape index (κ2) is 5.86. The molecule has 6 nitrogen and oxygen atoms in total. The summed E-state index contributed by atoms with van der Waals surface area (Å²) in [6, 6.07) is 14.0. The molecule has 3 aromatic rings. The highest BCUT2D eigenvalue weighted by atomic mass is 32.1. The van der Waals surface area contributed by atoms with Crippen LogP contribution in [-0.2, 0) is 0 Å². The van der Waals surface area contributed by atoms with Gasteiger partial charge in [-0.1, -0.05) is 47.7 Å². The van der Waals surface area contributed by atoms with Gasteiger partial charge < -0.3 is 15.1 Å². The number of nitrogens with zero attached hydrogens (tertiary/aromatic N) is 4. The Bertz CT molecular complexity index is 1030. The van der Waals surface area contributed by atoms with Crippen LogP contribution in [0.15, 0.2) is 65.2 Å². The number of hydrogen-bond donors (Lipinski definition) is 3. The third-order valence-corrected chi connectivity index (χ3v) is 4.59. The molecule has 0 saturated carbocycles. The summed E-state index contributed by atoms with van der Waals surface area (Å²) in [6.45, 7) is 0.294. The topological polar surface area (TPSA) is 74.4 Å². The average molecular weight is 352 g/mol. The normalized spacial score (nSPS) is 15.0. The van der Waals surface area contributed by atoms with Crippen molar-refractivity contribution in [1.29, 1.82) is 0 Å². The second-order valence-corrected chi connectivity index (χ2v) is 6.31. The van der Waals surface area contributed by atoms with Gasteiger partial charge in [0.25, 0.3) is 0 Å². The molecule has 126 valence electrons. The molecule has 0 aliphatic carbocycles. The number of aromatic nitrogens is 3. The molecule has 0 saturated heterocycles. The predicted octanol–water partition coefficient (Wildman–Crippen LogP) is 3.46. The Morgan fingerprint density at radius 2 is 1.84 bits per heavy atom. The van der Waals surface area contributed by atoms with E-state index in [0.717, 1.165) is 16.3 Å². The van der Waals surface area contributed by atoms with Crippen molar-refractivity contribution in [3.05, 3.63) is 60.2 Å². The number of aliphatic hydroxyl groups excluding tert-OH is 2. The van der Waals surface area contributed by atoms with Gasteiger partial charge >= 0.3 is 0 Å². The Morgan fingerprint density at radius 3 is 2.68 bits per heavy atom.